The lowest BCUT2D eigenvalue weighted by atomic mass is 10.1. The summed E-state index contributed by atoms with van der Waals surface area (Å²) in [4.78, 5) is 18.8. The number of aromatic nitrogens is 1. The zero-order valence-electron chi connectivity index (χ0n) is 15.2. The zero-order chi connectivity index (χ0) is 20.1. The molecule has 0 fully saturated rings. The fraction of sp³-hybridized carbons (Fsp3) is 0.143. The maximum atomic E-state index is 13.3. The Labute approximate surface area is 161 Å². The van der Waals surface area contributed by atoms with E-state index in [1.165, 1.54) is 6.07 Å². The first kappa shape index (κ1) is 19.3. The number of nitrogens with zero attached hydrogens (tertiary/aromatic N) is 2. The fourth-order valence-electron chi connectivity index (χ4n) is 2.84. The van der Waals surface area contributed by atoms with Crippen LogP contribution in [0.4, 0.5) is 20.3 Å². The Bertz CT molecular complexity index is 995. The predicted molar refractivity (Wildman–Crippen MR) is 103 cm³/mol. The lowest BCUT2D eigenvalue weighted by Gasteiger charge is -2.24. The van der Waals surface area contributed by atoms with Crippen molar-refractivity contribution in [2.45, 2.75) is 13.5 Å². The largest absolute Gasteiger partial charge is 0.506 e. The van der Waals surface area contributed by atoms with E-state index < -0.39 is 17.5 Å². The number of nitrogens with one attached hydrogen (secondary N) is 1. The van der Waals surface area contributed by atoms with Crippen molar-refractivity contribution in [1.82, 2.24) is 10.3 Å². The zero-order valence-corrected chi connectivity index (χ0v) is 15.2. The molecule has 0 atom stereocenters. The summed E-state index contributed by atoms with van der Waals surface area (Å²) in [7, 11) is 0. The van der Waals surface area contributed by atoms with Gasteiger partial charge >= 0.3 is 0 Å². The number of benzene rings is 2. The highest BCUT2D eigenvalue weighted by Gasteiger charge is 2.20. The molecule has 0 aliphatic carbocycles. The van der Waals surface area contributed by atoms with Crippen LogP contribution in [0.1, 0.15) is 22.8 Å². The molecule has 2 aromatic carbocycles. The number of para-hydroxylation sites is 2. The molecule has 2 N–H and O–H groups in total. The summed E-state index contributed by atoms with van der Waals surface area (Å²) in [6, 6.07) is 13.5. The molecule has 0 saturated carbocycles. The number of hydrogen-bond acceptors (Lipinski definition) is 4. The van der Waals surface area contributed by atoms with Gasteiger partial charge in [-0.3, -0.25) is 4.79 Å². The lowest BCUT2D eigenvalue weighted by Crippen LogP contribution is -2.27. The van der Waals surface area contributed by atoms with Gasteiger partial charge < -0.3 is 15.3 Å². The van der Waals surface area contributed by atoms with Gasteiger partial charge in [-0.1, -0.05) is 18.2 Å². The molecule has 1 amide bonds. The van der Waals surface area contributed by atoms with Crippen molar-refractivity contribution in [2.75, 3.05) is 11.4 Å². The summed E-state index contributed by atoms with van der Waals surface area (Å²) in [6.45, 7) is 2.38. The number of hydrogen-bond donors (Lipinski definition) is 2. The van der Waals surface area contributed by atoms with E-state index in [1.807, 2.05) is 6.92 Å². The third-order valence-corrected chi connectivity index (χ3v) is 4.21. The molecule has 1 heterocycles. The second kappa shape index (κ2) is 8.47. The van der Waals surface area contributed by atoms with Crippen molar-refractivity contribution in [1.29, 1.82) is 0 Å². The van der Waals surface area contributed by atoms with E-state index in [-0.39, 0.29) is 12.3 Å². The first-order chi connectivity index (χ1) is 13.5. The molecule has 0 radical (unpaired) electrons. The van der Waals surface area contributed by atoms with Crippen LogP contribution in [0.3, 0.4) is 0 Å². The van der Waals surface area contributed by atoms with Gasteiger partial charge in [-0.25, -0.2) is 13.8 Å². The van der Waals surface area contributed by atoms with Gasteiger partial charge in [0.05, 0.1) is 11.3 Å². The molecular formula is C21H19F2N3O2. The predicted octanol–water partition coefficient (Wildman–Crippen LogP) is 4.15. The van der Waals surface area contributed by atoms with Gasteiger partial charge in [-0.15, -0.1) is 0 Å². The second-order valence-corrected chi connectivity index (χ2v) is 6.04. The molecule has 7 heteroatoms. The molecule has 0 aliphatic heterocycles. The standard InChI is InChI=1S/C21H19F2N3O2/c1-2-26(18-7-3-4-8-19(18)27)20-15(6-5-11-24-20)21(28)25-13-14-9-10-16(22)17(23)12-14/h3-12,27H,2,13H2,1H3,(H,25,28). The number of halogens is 2. The Hall–Kier alpha value is -3.48. The summed E-state index contributed by atoms with van der Waals surface area (Å²) < 4.78 is 26.4. The molecule has 0 spiro atoms. The van der Waals surface area contributed by atoms with Crippen LogP contribution in [-0.2, 0) is 6.54 Å². The number of carbonyl (C=O) groups is 1. The van der Waals surface area contributed by atoms with Crippen molar-refractivity contribution in [2.24, 2.45) is 0 Å². The first-order valence-corrected chi connectivity index (χ1v) is 8.74. The molecule has 0 bridgehead atoms. The molecular weight excluding hydrogens is 364 g/mol. The van der Waals surface area contributed by atoms with E-state index in [1.54, 1.807) is 47.5 Å². The van der Waals surface area contributed by atoms with Crippen LogP contribution in [0.25, 0.3) is 0 Å². The Morgan fingerprint density at radius 3 is 2.61 bits per heavy atom. The quantitative estimate of drug-likeness (QED) is 0.671. The number of aromatic hydroxyl groups is 1. The third-order valence-electron chi connectivity index (χ3n) is 4.21. The Morgan fingerprint density at radius 2 is 1.89 bits per heavy atom. The van der Waals surface area contributed by atoms with Gasteiger partial charge in [0.2, 0.25) is 0 Å². The van der Waals surface area contributed by atoms with E-state index in [0.29, 0.717) is 29.2 Å². The van der Waals surface area contributed by atoms with Crippen LogP contribution in [0.2, 0.25) is 0 Å². The smallest absolute Gasteiger partial charge is 0.255 e. The van der Waals surface area contributed by atoms with E-state index in [4.69, 9.17) is 0 Å². The van der Waals surface area contributed by atoms with Gasteiger partial charge in [0.25, 0.3) is 5.91 Å². The van der Waals surface area contributed by atoms with Gasteiger partial charge in [0, 0.05) is 19.3 Å². The van der Waals surface area contributed by atoms with E-state index >= 15 is 0 Å². The molecule has 3 aromatic rings. The second-order valence-electron chi connectivity index (χ2n) is 6.04. The highest BCUT2D eigenvalue weighted by molar-refractivity contribution is 5.99. The number of rotatable bonds is 6. The number of phenolic OH excluding ortho intramolecular Hbond substituents is 1. The fourth-order valence-corrected chi connectivity index (χ4v) is 2.84. The molecule has 0 unspecified atom stereocenters. The molecule has 28 heavy (non-hydrogen) atoms. The van der Waals surface area contributed by atoms with E-state index in [0.717, 1.165) is 12.1 Å². The van der Waals surface area contributed by atoms with Crippen LogP contribution in [0, 0.1) is 11.6 Å². The van der Waals surface area contributed by atoms with Gasteiger partial charge in [-0.05, 0) is 48.9 Å². The Kier molecular flexibility index (Phi) is 5.84. The SMILES string of the molecule is CCN(c1ccccc1O)c1ncccc1C(=O)NCc1ccc(F)c(F)c1. The molecule has 1 aromatic heterocycles. The molecule has 0 saturated heterocycles. The maximum Gasteiger partial charge on any atom is 0.255 e. The molecule has 3 rings (SSSR count). The number of anilines is 2. The Balaban J connectivity index is 1.85. The number of phenols is 1. The van der Waals surface area contributed by atoms with Crippen LogP contribution < -0.4 is 10.2 Å². The molecule has 144 valence electrons. The van der Waals surface area contributed by atoms with E-state index in [9.17, 15) is 18.7 Å². The average molecular weight is 383 g/mol. The van der Waals surface area contributed by atoms with Crippen LogP contribution in [0.5, 0.6) is 5.75 Å². The van der Waals surface area contributed by atoms with E-state index in [2.05, 4.69) is 10.3 Å². The number of carbonyl (C=O) groups excluding carboxylic acids is 1. The summed E-state index contributed by atoms with van der Waals surface area (Å²) in [5.41, 5.74) is 1.26. The topological polar surface area (TPSA) is 65.5 Å². The highest BCUT2D eigenvalue weighted by atomic mass is 19.2. The Morgan fingerprint density at radius 1 is 1.11 bits per heavy atom. The van der Waals surface area contributed by atoms with Crippen molar-refractivity contribution in [3.05, 3.63) is 83.6 Å². The number of pyridine rings is 1. The van der Waals surface area contributed by atoms with Gasteiger partial charge in [0.1, 0.15) is 11.6 Å². The normalized spacial score (nSPS) is 10.5. The van der Waals surface area contributed by atoms with Gasteiger partial charge in [-0.2, -0.15) is 0 Å². The van der Waals surface area contributed by atoms with Crippen LogP contribution in [0.15, 0.2) is 60.8 Å². The minimum absolute atomic E-state index is 0.0348. The van der Waals surface area contributed by atoms with Crippen LogP contribution >= 0.6 is 0 Å². The number of amides is 1. The molecule has 0 aliphatic rings. The summed E-state index contributed by atoms with van der Waals surface area (Å²) in [5.74, 6) is -1.87. The summed E-state index contributed by atoms with van der Waals surface area (Å²) >= 11 is 0. The third kappa shape index (κ3) is 4.09. The first-order valence-electron chi connectivity index (χ1n) is 8.74. The monoisotopic (exact) mass is 383 g/mol. The van der Waals surface area contributed by atoms with Crippen molar-refractivity contribution in [3.8, 4) is 5.75 Å². The minimum atomic E-state index is -0.967. The average Bonchev–Trinajstić information content (AvgIpc) is 2.71. The van der Waals surface area contributed by atoms with Crippen molar-refractivity contribution < 1.29 is 18.7 Å². The molecule has 5 nitrogen and oxygen atoms in total. The van der Waals surface area contributed by atoms with Crippen LogP contribution in [-0.4, -0.2) is 22.5 Å². The highest BCUT2D eigenvalue weighted by Crippen LogP contribution is 2.33. The lowest BCUT2D eigenvalue weighted by molar-refractivity contribution is 0.0951. The van der Waals surface area contributed by atoms with Crippen molar-refractivity contribution >= 4 is 17.4 Å². The van der Waals surface area contributed by atoms with Gasteiger partial charge in [0.15, 0.2) is 11.6 Å². The maximum absolute atomic E-state index is 13.3. The summed E-state index contributed by atoms with van der Waals surface area (Å²) in [6.07, 6.45) is 1.56. The minimum Gasteiger partial charge on any atom is -0.506 e. The van der Waals surface area contributed by atoms with Crippen molar-refractivity contribution in [3.63, 3.8) is 0 Å². The summed E-state index contributed by atoms with van der Waals surface area (Å²) in [5, 5.41) is 12.9.